The molecule has 1 aromatic carbocycles. The van der Waals surface area contributed by atoms with Crippen LogP contribution in [0.4, 0.5) is 0 Å². The second-order valence-electron chi connectivity index (χ2n) is 10.1. The molecule has 9 heteroatoms. The molecule has 0 unspecified atom stereocenters. The first-order valence-corrected chi connectivity index (χ1v) is 12.4. The predicted molar refractivity (Wildman–Crippen MR) is 135 cm³/mol. The number of tetrazole rings is 1. The highest BCUT2D eigenvalue weighted by Gasteiger charge is 2.24. The van der Waals surface area contributed by atoms with E-state index in [1.54, 1.807) is 15.5 Å². The SMILES string of the molecule is Cc1cc(-c2[nH]c3ccc(C4CCN(Cc5ncn(C)n5)CC4)cc3c2C(C)C)cn2nnnc12. The number of piperidine rings is 1. The van der Waals surface area contributed by atoms with Gasteiger partial charge in [0.1, 0.15) is 6.33 Å². The van der Waals surface area contributed by atoms with Gasteiger partial charge < -0.3 is 4.98 Å². The number of likely N-dealkylation sites (tertiary alicyclic amines) is 1. The van der Waals surface area contributed by atoms with Crippen molar-refractivity contribution < 1.29 is 0 Å². The van der Waals surface area contributed by atoms with Crippen molar-refractivity contribution in [3.63, 3.8) is 0 Å². The minimum Gasteiger partial charge on any atom is -0.354 e. The number of hydrogen-bond acceptors (Lipinski definition) is 6. The van der Waals surface area contributed by atoms with Crippen molar-refractivity contribution in [3.05, 3.63) is 59.3 Å². The smallest absolute Gasteiger partial charge is 0.182 e. The van der Waals surface area contributed by atoms with E-state index in [0.29, 0.717) is 11.8 Å². The number of aromatic amines is 1. The summed E-state index contributed by atoms with van der Waals surface area (Å²) >= 11 is 0. The molecule has 1 saturated heterocycles. The van der Waals surface area contributed by atoms with Gasteiger partial charge in [-0.05, 0) is 90.0 Å². The van der Waals surface area contributed by atoms with Gasteiger partial charge in [0.25, 0.3) is 0 Å². The zero-order valence-corrected chi connectivity index (χ0v) is 20.7. The van der Waals surface area contributed by atoms with Gasteiger partial charge in [-0.3, -0.25) is 9.58 Å². The van der Waals surface area contributed by atoms with Gasteiger partial charge in [0.15, 0.2) is 11.5 Å². The second-order valence-corrected chi connectivity index (χ2v) is 10.1. The Labute approximate surface area is 204 Å². The van der Waals surface area contributed by atoms with E-state index >= 15 is 0 Å². The van der Waals surface area contributed by atoms with E-state index in [0.717, 1.165) is 60.8 Å². The molecule has 1 aliphatic heterocycles. The fourth-order valence-electron chi connectivity index (χ4n) is 5.54. The summed E-state index contributed by atoms with van der Waals surface area (Å²) in [4.78, 5) is 10.6. The molecule has 0 spiro atoms. The molecular weight excluding hydrogens is 438 g/mol. The average molecular weight is 470 g/mol. The van der Waals surface area contributed by atoms with Crippen molar-refractivity contribution in [1.82, 2.24) is 44.7 Å². The first-order chi connectivity index (χ1) is 17.0. The Bertz CT molecular complexity index is 1500. The number of H-pyrrole nitrogens is 1. The van der Waals surface area contributed by atoms with E-state index in [2.05, 4.69) is 80.5 Å². The van der Waals surface area contributed by atoms with E-state index in [1.165, 1.54) is 22.0 Å². The van der Waals surface area contributed by atoms with E-state index in [4.69, 9.17) is 0 Å². The number of pyridine rings is 1. The Morgan fingerprint density at radius 3 is 2.71 bits per heavy atom. The summed E-state index contributed by atoms with van der Waals surface area (Å²) in [7, 11) is 1.92. The molecule has 35 heavy (non-hydrogen) atoms. The average Bonchev–Trinajstić information content (AvgIpc) is 3.57. The molecule has 0 radical (unpaired) electrons. The lowest BCUT2D eigenvalue weighted by molar-refractivity contribution is 0.200. The minimum atomic E-state index is 0.381. The van der Waals surface area contributed by atoms with Gasteiger partial charge in [0.05, 0.1) is 12.2 Å². The molecular formula is C26H31N9. The molecule has 0 atom stereocenters. The number of nitrogens with zero attached hydrogens (tertiary/aromatic N) is 8. The van der Waals surface area contributed by atoms with Crippen LogP contribution < -0.4 is 0 Å². The Balaban J connectivity index is 1.29. The molecule has 0 amide bonds. The third-order valence-electron chi connectivity index (χ3n) is 7.28. The molecule has 1 N–H and O–H groups in total. The number of nitrogens with one attached hydrogen (secondary N) is 1. The molecule has 6 rings (SSSR count). The van der Waals surface area contributed by atoms with Crippen LogP contribution in [0.1, 0.15) is 61.0 Å². The lowest BCUT2D eigenvalue weighted by Crippen LogP contribution is -2.32. The Hall–Kier alpha value is -3.59. The van der Waals surface area contributed by atoms with Crippen LogP contribution in [-0.2, 0) is 13.6 Å². The van der Waals surface area contributed by atoms with Crippen LogP contribution >= 0.6 is 0 Å². The van der Waals surface area contributed by atoms with E-state index in [9.17, 15) is 0 Å². The summed E-state index contributed by atoms with van der Waals surface area (Å²) in [6.45, 7) is 9.57. The lowest BCUT2D eigenvalue weighted by atomic mass is 9.87. The van der Waals surface area contributed by atoms with E-state index in [-0.39, 0.29) is 0 Å². The zero-order chi connectivity index (χ0) is 24.1. The van der Waals surface area contributed by atoms with Gasteiger partial charge in [0, 0.05) is 29.7 Å². The maximum Gasteiger partial charge on any atom is 0.182 e. The number of aromatic nitrogens is 8. The molecule has 0 aliphatic carbocycles. The molecule has 4 aromatic heterocycles. The van der Waals surface area contributed by atoms with Crippen molar-refractivity contribution in [2.75, 3.05) is 13.1 Å². The molecule has 0 saturated carbocycles. The Kier molecular flexibility index (Phi) is 5.36. The van der Waals surface area contributed by atoms with Crippen molar-refractivity contribution in [2.24, 2.45) is 7.05 Å². The molecule has 5 heterocycles. The maximum absolute atomic E-state index is 4.44. The summed E-state index contributed by atoms with van der Waals surface area (Å²) in [6, 6.07) is 9.17. The molecule has 180 valence electrons. The van der Waals surface area contributed by atoms with Gasteiger partial charge in [-0.15, -0.1) is 5.10 Å². The molecule has 0 bridgehead atoms. The molecule has 1 fully saturated rings. The van der Waals surface area contributed by atoms with Crippen LogP contribution in [0.5, 0.6) is 0 Å². The summed E-state index contributed by atoms with van der Waals surface area (Å²) in [6.07, 6.45) is 6.10. The van der Waals surface area contributed by atoms with Crippen LogP contribution in [0.25, 0.3) is 27.8 Å². The standard InChI is InChI=1S/C26H31N9/c1-16(2)24-21-12-19(18-7-9-34(10-8-18)14-23-27-15-33(4)30-23)5-6-22(21)28-25(24)20-11-17(3)26-29-31-32-35(26)13-20/h5-6,11-13,15-16,18,28H,7-10,14H2,1-4H3. The number of rotatable bonds is 5. The highest BCUT2D eigenvalue weighted by molar-refractivity contribution is 5.92. The largest absolute Gasteiger partial charge is 0.354 e. The van der Waals surface area contributed by atoms with Crippen LogP contribution in [-0.4, -0.2) is 57.8 Å². The van der Waals surface area contributed by atoms with Crippen molar-refractivity contribution >= 4 is 16.6 Å². The summed E-state index contributed by atoms with van der Waals surface area (Å²) in [5.41, 5.74) is 8.10. The summed E-state index contributed by atoms with van der Waals surface area (Å²) < 4.78 is 3.54. The highest BCUT2D eigenvalue weighted by atomic mass is 15.5. The summed E-state index contributed by atoms with van der Waals surface area (Å²) in [5.74, 6) is 1.86. The fourth-order valence-corrected chi connectivity index (χ4v) is 5.54. The van der Waals surface area contributed by atoms with Crippen molar-refractivity contribution in [1.29, 1.82) is 0 Å². The van der Waals surface area contributed by atoms with Gasteiger partial charge in [-0.1, -0.05) is 19.9 Å². The Morgan fingerprint density at radius 2 is 1.97 bits per heavy atom. The zero-order valence-electron chi connectivity index (χ0n) is 20.7. The predicted octanol–water partition coefficient (Wildman–Crippen LogP) is 4.21. The fraction of sp³-hybridized carbons (Fsp3) is 0.423. The van der Waals surface area contributed by atoms with Crippen molar-refractivity contribution in [3.8, 4) is 11.3 Å². The number of benzene rings is 1. The maximum atomic E-state index is 4.44. The molecule has 9 nitrogen and oxygen atoms in total. The third kappa shape index (κ3) is 3.99. The van der Waals surface area contributed by atoms with Crippen molar-refractivity contribution in [2.45, 2.75) is 52.0 Å². The van der Waals surface area contributed by atoms with Gasteiger partial charge in [0.2, 0.25) is 0 Å². The first kappa shape index (κ1) is 21.9. The number of aryl methyl sites for hydroxylation is 2. The third-order valence-corrected chi connectivity index (χ3v) is 7.28. The van der Waals surface area contributed by atoms with Gasteiger partial charge in [-0.25, -0.2) is 4.98 Å². The van der Waals surface area contributed by atoms with Crippen LogP contribution in [0.15, 0.2) is 36.8 Å². The normalized spacial score (nSPS) is 15.7. The minimum absolute atomic E-state index is 0.381. The van der Waals surface area contributed by atoms with Crippen LogP contribution in [0, 0.1) is 6.92 Å². The van der Waals surface area contributed by atoms with Gasteiger partial charge >= 0.3 is 0 Å². The summed E-state index contributed by atoms with van der Waals surface area (Å²) in [5, 5.41) is 17.8. The molecule has 5 aromatic rings. The quantitative estimate of drug-likeness (QED) is 0.414. The van der Waals surface area contributed by atoms with E-state index in [1.807, 2.05) is 13.2 Å². The van der Waals surface area contributed by atoms with Crippen LogP contribution in [0.3, 0.4) is 0 Å². The number of fused-ring (bicyclic) bond motifs is 2. The Morgan fingerprint density at radius 1 is 1.14 bits per heavy atom. The van der Waals surface area contributed by atoms with E-state index < -0.39 is 0 Å². The highest BCUT2D eigenvalue weighted by Crippen LogP contribution is 2.38. The number of hydrogen-bond donors (Lipinski definition) is 1. The lowest BCUT2D eigenvalue weighted by Gasteiger charge is -2.31. The van der Waals surface area contributed by atoms with Gasteiger partial charge in [-0.2, -0.15) is 9.61 Å². The first-order valence-electron chi connectivity index (χ1n) is 12.4. The topological polar surface area (TPSA) is 92.8 Å². The molecule has 1 aliphatic rings. The second kappa shape index (κ2) is 8.57. The monoisotopic (exact) mass is 469 g/mol. The van der Waals surface area contributed by atoms with Crippen LogP contribution in [0.2, 0.25) is 0 Å².